The zero-order chi connectivity index (χ0) is 14.9. The molecule has 2 bridgehead atoms. The molecule has 0 spiro atoms. The van der Waals surface area contributed by atoms with Crippen molar-refractivity contribution in [2.45, 2.75) is 43.8 Å². The van der Waals surface area contributed by atoms with Crippen molar-refractivity contribution >= 4 is 5.91 Å². The summed E-state index contributed by atoms with van der Waals surface area (Å²) in [5.41, 5.74) is 0.443. The number of pyridine rings is 1. The van der Waals surface area contributed by atoms with Crippen LogP contribution in [-0.4, -0.2) is 38.8 Å². The van der Waals surface area contributed by atoms with Gasteiger partial charge in [0.15, 0.2) is 5.82 Å². The number of hydrogen-bond acceptors (Lipinski definition) is 4. The van der Waals surface area contributed by atoms with Crippen LogP contribution in [0.25, 0.3) is 5.82 Å². The molecule has 2 aliphatic heterocycles. The van der Waals surface area contributed by atoms with Crippen molar-refractivity contribution in [3.8, 4) is 5.82 Å². The van der Waals surface area contributed by atoms with Crippen LogP contribution < -0.4 is 10.6 Å². The van der Waals surface area contributed by atoms with Crippen LogP contribution in [0.5, 0.6) is 0 Å². The van der Waals surface area contributed by atoms with Gasteiger partial charge in [0.05, 0.1) is 0 Å². The number of nitrogens with one attached hydrogen (secondary N) is 2. The molecule has 2 aliphatic rings. The molecule has 0 aliphatic carbocycles. The third-order valence-corrected chi connectivity index (χ3v) is 4.51. The molecule has 0 saturated carbocycles. The Hall–Kier alpha value is -2.21. The first-order valence-corrected chi connectivity index (χ1v) is 7.82. The lowest BCUT2D eigenvalue weighted by Gasteiger charge is -2.29. The van der Waals surface area contributed by atoms with Crippen molar-refractivity contribution in [2.75, 3.05) is 0 Å². The van der Waals surface area contributed by atoms with Gasteiger partial charge in [-0.05, 0) is 43.9 Å². The molecule has 2 saturated heterocycles. The fraction of sp³-hybridized carbons (Fsp3) is 0.438. The smallest absolute Gasteiger partial charge is 0.270 e. The summed E-state index contributed by atoms with van der Waals surface area (Å²) in [6.07, 6.45) is 7.99. The topological polar surface area (TPSA) is 71.8 Å². The van der Waals surface area contributed by atoms with Gasteiger partial charge in [-0.25, -0.2) is 9.67 Å². The highest BCUT2D eigenvalue weighted by molar-refractivity contribution is 5.92. The third-order valence-electron chi connectivity index (χ3n) is 4.51. The Labute approximate surface area is 128 Å². The molecule has 2 N–H and O–H groups in total. The van der Waals surface area contributed by atoms with E-state index in [0.717, 1.165) is 12.8 Å². The molecule has 0 radical (unpaired) electrons. The van der Waals surface area contributed by atoms with E-state index in [0.29, 0.717) is 23.6 Å². The first kappa shape index (κ1) is 13.5. The van der Waals surface area contributed by atoms with Crippen molar-refractivity contribution in [3.05, 3.63) is 42.4 Å². The fourth-order valence-electron chi connectivity index (χ4n) is 3.52. The fourth-order valence-corrected chi connectivity index (χ4v) is 3.52. The number of nitrogens with zero attached hydrogens (tertiary/aromatic N) is 3. The predicted molar refractivity (Wildman–Crippen MR) is 81.8 cm³/mol. The van der Waals surface area contributed by atoms with Crippen molar-refractivity contribution in [1.82, 2.24) is 25.4 Å². The Morgan fingerprint density at radius 2 is 2.05 bits per heavy atom. The Kier molecular flexibility index (Phi) is 3.38. The molecular formula is C16H19N5O. The molecule has 2 fully saturated rings. The minimum absolute atomic E-state index is 0.0969. The molecule has 4 rings (SSSR count). The molecule has 2 atom stereocenters. The summed E-state index contributed by atoms with van der Waals surface area (Å²) in [7, 11) is 0. The van der Waals surface area contributed by atoms with Gasteiger partial charge in [0.25, 0.3) is 5.91 Å². The number of aromatic nitrogens is 3. The highest BCUT2D eigenvalue weighted by Crippen LogP contribution is 2.26. The lowest BCUT2D eigenvalue weighted by Crippen LogP contribution is -2.48. The van der Waals surface area contributed by atoms with Gasteiger partial charge in [-0.1, -0.05) is 6.07 Å². The van der Waals surface area contributed by atoms with E-state index < -0.39 is 0 Å². The van der Waals surface area contributed by atoms with Gasteiger partial charge in [-0.3, -0.25) is 4.79 Å². The maximum atomic E-state index is 12.4. The van der Waals surface area contributed by atoms with Crippen molar-refractivity contribution in [3.63, 3.8) is 0 Å². The molecule has 6 heteroatoms. The molecule has 2 aromatic rings. The highest BCUT2D eigenvalue weighted by atomic mass is 16.1. The highest BCUT2D eigenvalue weighted by Gasteiger charge is 2.34. The van der Waals surface area contributed by atoms with Gasteiger partial charge in [0, 0.05) is 30.5 Å². The first-order chi connectivity index (χ1) is 10.8. The zero-order valence-corrected chi connectivity index (χ0v) is 12.3. The Morgan fingerprint density at radius 1 is 1.23 bits per heavy atom. The lowest BCUT2D eigenvalue weighted by molar-refractivity contribution is 0.0919. The van der Waals surface area contributed by atoms with E-state index in [2.05, 4.69) is 20.7 Å². The number of hydrogen-bond donors (Lipinski definition) is 2. The molecule has 4 heterocycles. The summed E-state index contributed by atoms with van der Waals surface area (Å²) < 4.78 is 1.65. The van der Waals surface area contributed by atoms with E-state index in [9.17, 15) is 4.79 Å². The Bertz CT molecular complexity index is 657. The number of carbonyl (C=O) groups is 1. The SMILES string of the molecule is O=C(NC1CC2CCC(C1)N2)c1cccc(-n2cccn2)n1. The standard InChI is InChI=1S/C16H19N5O/c22-16(19-13-9-11-5-6-12(10-13)18-11)14-3-1-4-15(20-14)21-8-2-7-17-21/h1-4,7-8,11-13,18H,5-6,9-10H2,(H,19,22). The normalized spacial score (nSPS) is 26.8. The second-order valence-corrected chi connectivity index (χ2v) is 6.11. The maximum absolute atomic E-state index is 12.4. The second-order valence-electron chi connectivity index (χ2n) is 6.11. The van der Waals surface area contributed by atoms with Gasteiger partial charge in [0.1, 0.15) is 5.69 Å². The minimum Gasteiger partial charge on any atom is -0.348 e. The van der Waals surface area contributed by atoms with Crippen molar-refractivity contribution in [2.24, 2.45) is 0 Å². The third kappa shape index (κ3) is 2.62. The minimum atomic E-state index is -0.0969. The number of carbonyl (C=O) groups excluding carboxylic acids is 1. The number of amides is 1. The van der Waals surface area contributed by atoms with Gasteiger partial charge in [-0.15, -0.1) is 0 Å². The number of rotatable bonds is 3. The van der Waals surface area contributed by atoms with E-state index in [1.165, 1.54) is 12.8 Å². The average Bonchev–Trinajstić information content (AvgIpc) is 3.17. The molecule has 114 valence electrons. The summed E-state index contributed by atoms with van der Waals surface area (Å²) in [5.74, 6) is 0.559. The lowest BCUT2D eigenvalue weighted by atomic mass is 10.00. The van der Waals surface area contributed by atoms with Crippen LogP contribution in [0.4, 0.5) is 0 Å². The van der Waals surface area contributed by atoms with E-state index in [4.69, 9.17) is 0 Å². The van der Waals surface area contributed by atoms with Crippen molar-refractivity contribution in [1.29, 1.82) is 0 Å². The number of piperidine rings is 1. The molecule has 22 heavy (non-hydrogen) atoms. The van der Waals surface area contributed by atoms with E-state index >= 15 is 0 Å². The van der Waals surface area contributed by atoms with Crippen LogP contribution in [-0.2, 0) is 0 Å². The van der Waals surface area contributed by atoms with Gasteiger partial charge in [-0.2, -0.15) is 5.10 Å². The van der Waals surface area contributed by atoms with Crippen LogP contribution in [0.15, 0.2) is 36.7 Å². The van der Waals surface area contributed by atoms with Gasteiger partial charge in [0.2, 0.25) is 0 Å². The van der Waals surface area contributed by atoms with E-state index in [1.807, 2.05) is 24.4 Å². The van der Waals surface area contributed by atoms with Crippen LogP contribution >= 0.6 is 0 Å². The quantitative estimate of drug-likeness (QED) is 0.895. The monoisotopic (exact) mass is 297 g/mol. The van der Waals surface area contributed by atoms with Gasteiger partial charge < -0.3 is 10.6 Å². The summed E-state index contributed by atoms with van der Waals surface area (Å²) in [4.78, 5) is 16.9. The number of fused-ring (bicyclic) bond motifs is 2. The molecular weight excluding hydrogens is 278 g/mol. The summed E-state index contributed by atoms with van der Waals surface area (Å²) in [6.45, 7) is 0. The Balaban J connectivity index is 1.47. The molecule has 1 amide bonds. The molecule has 6 nitrogen and oxygen atoms in total. The van der Waals surface area contributed by atoms with E-state index in [-0.39, 0.29) is 11.9 Å². The molecule has 2 aromatic heterocycles. The average molecular weight is 297 g/mol. The first-order valence-electron chi connectivity index (χ1n) is 7.82. The summed E-state index contributed by atoms with van der Waals surface area (Å²) in [6, 6.07) is 8.64. The van der Waals surface area contributed by atoms with Crippen LogP contribution in [0.2, 0.25) is 0 Å². The molecule has 0 aromatic carbocycles. The van der Waals surface area contributed by atoms with Crippen molar-refractivity contribution < 1.29 is 4.79 Å². The van der Waals surface area contributed by atoms with Crippen LogP contribution in [0, 0.1) is 0 Å². The predicted octanol–water partition coefficient (Wildman–Crippen LogP) is 1.28. The van der Waals surface area contributed by atoms with Crippen LogP contribution in [0.1, 0.15) is 36.2 Å². The summed E-state index contributed by atoms with van der Waals surface area (Å²) in [5, 5.41) is 10.9. The van der Waals surface area contributed by atoms with Gasteiger partial charge >= 0.3 is 0 Å². The van der Waals surface area contributed by atoms with E-state index in [1.54, 1.807) is 16.9 Å². The zero-order valence-electron chi connectivity index (χ0n) is 12.3. The largest absolute Gasteiger partial charge is 0.348 e. The molecule has 2 unspecified atom stereocenters. The second kappa shape index (κ2) is 5.53. The maximum Gasteiger partial charge on any atom is 0.270 e. The van der Waals surface area contributed by atoms with Crippen LogP contribution in [0.3, 0.4) is 0 Å². The summed E-state index contributed by atoms with van der Waals surface area (Å²) >= 11 is 0. The Morgan fingerprint density at radius 3 is 2.77 bits per heavy atom.